The van der Waals surface area contributed by atoms with Crippen molar-refractivity contribution in [2.75, 3.05) is 26.0 Å². The molecule has 1 aromatic carbocycles. The highest BCUT2D eigenvalue weighted by Gasteiger charge is 2.09. The number of thioether (sulfide) groups is 1. The molecule has 0 aliphatic heterocycles. The van der Waals surface area contributed by atoms with Gasteiger partial charge in [-0.2, -0.15) is 0 Å². The van der Waals surface area contributed by atoms with Crippen LogP contribution in [0.15, 0.2) is 35.4 Å². The Morgan fingerprint density at radius 2 is 1.82 bits per heavy atom. The summed E-state index contributed by atoms with van der Waals surface area (Å²) in [4.78, 5) is 12.2. The van der Waals surface area contributed by atoms with Gasteiger partial charge in [0.05, 0.1) is 11.6 Å². The minimum absolute atomic E-state index is 0.0128. The maximum atomic E-state index is 12.2. The van der Waals surface area contributed by atoms with Crippen LogP contribution < -0.4 is 5.32 Å². The summed E-state index contributed by atoms with van der Waals surface area (Å²) in [5, 5.41) is 4.01. The summed E-state index contributed by atoms with van der Waals surface area (Å²) in [6.07, 6.45) is 3.24. The molecule has 0 aromatic heterocycles. The van der Waals surface area contributed by atoms with Crippen molar-refractivity contribution in [3.8, 4) is 0 Å². The second-order valence-corrected chi connectivity index (χ2v) is 5.51. The Morgan fingerprint density at radius 3 is 2.32 bits per heavy atom. The third kappa shape index (κ3) is 6.64. The van der Waals surface area contributed by atoms with Gasteiger partial charge in [-0.3, -0.25) is 4.79 Å². The van der Waals surface area contributed by atoms with Crippen molar-refractivity contribution >= 4 is 17.5 Å². The van der Waals surface area contributed by atoms with Crippen LogP contribution in [-0.2, 0) is 9.47 Å². The van der Waals surface area contributed by atoms with Crippen LogP contribution in [0.25, 0.3) is 0 Å². The van der Waals surface area contributed by atoms with Crippen LogP contribution in [0.2, 0.25) is 0 Å². The van der Waals surface area contributed by atoms with E-state index in [-0.39, 0.29) is 12.1 Å². The second-order valence-electron chi connectivity index (χ2n) is 4.66. The average Bonchev–Trinajstić information content (AvgIpc) is 2.52. The first-order valence-corrected chi connectivity index (χ1v) is 8.66. The van der Waals surface area contributed by atoms with Gasteiger partial charge in [0, 0.05) is 24.9 Å². The predicted molar refractivity (Wildman–Crippen MR) is 92.2 cm³/mol. The van der Waals surface area contributed by atoms with Gasteiger partial charge >= 0.3 is 0 Å². The highest BCUT2D eigenvalue weighted by molar-refractivity contribution is 8.02. The Kier molecular flexibility index (Phi) is 8.89. The average molecular weight is 323 g/mol. The molecule has 0 atom stereocenters. The lowest BCUT2D eigenvalue weighted by Crippen LogP contribution is -2.30. The Balaban J connectivity index is 2.65. The van der Waals surface area contributed by atoms with Gasteiger partial charge in [-0.25, -0.2) is 0 Å². The van der Waals surface area contributed by atoms with E-state index in [0.717, 1.165) is 10.6 Å². The highest BCUT2D eigenvalue weighted by atomic mass is 32.2. The first kappa shape index (κ1) is 18.7. The molecule has 0 aliphatic rings. The summed E-state index contributed by atoms with van der Waals surface area (Å²) < 4.78 is 10.9. The van der Waals surface area contributed by atoms with Gasteiger partial charge < -0.3 is 14.8 Å². The highest BCUT2D eigenvalue weighted by Crippen LogP contribution is 2.12. The molecule has 0 heterocycles. The van der Waals surface area contributed by atoms with Crippen LogP contribution in [0, 0.1) is 6.92 Å². The van der Waals surface area contributed by atoms with E-state index in [1.807, 2.05) is 51.3 Å². The van der Waals surface area contributed by atoms with Crippen LogP contribution in [0.1, 0.15) is 29.8 Å². The molecule has 0 spiro atoms. The van der Waals surface area contributed by atoms with Crippen LogP contribution in [0.3, 0.4) is 0 Å². The van der Waals surface area contributed by atoms with Crippen molar-refractivity contribution in [3.63, 3.8) is 0 Å². The van der Waals surface area contributed by atoms with E-state index in [4.69, 9.17) is 9.47 Å². The number of carbonyl (C=O) groups excluding carboxylic acids is 1. The molecule has 0 unspecified atom stereocenters. The maximum Gasteiger partial charge on any atom is 0.188 e. The molecule has 122 valence electrons. The van der Waals surface area contributed by atoms with Crippen LogP contribution >= 0.6 is 11.8 Å². The molecule has 0 saturated heterocycles. The van der Waals surface area contributed by atoms with Gasteiger partial charge in [0.15, 0.2) is 12.1 Å². The van der Waals surface area contributed by atoms with Gasteiger partial charge in [-0.05, 0) is 27.0 Å². The number of benzene rings is 1. The third-order valence-electron chi connectivity index (χ3n) is 2.97. The Morgan fingerprint density at radius 1 is 1.23 bits per heavy atom. The van der Waals surface area contributed by atoms with Crippen LogP contribution in [0.5, 0.6) is 0 Å². The molecule has 1 aromatic rings. The van der Waals surface area contributed by atoms with Crippen molar-refractivity contribution in [3.05, 3.63) is 46.5 Å². The first-order valence-electron chi connectivity index (χ1n) is 7.44. The Hall–Kier alpha value is -1.30. The molecule has 0 fully saturated rings. The van der Waals surface area contributed by atoms with Crippen molar-refractivity contribution in [1.29, 1.82) is 0 Å². The van der Waals surface area contributed by atoms with Gasteiger partial charge in [0.2, 0.25) is 0 Å². The number of allylic oxidation sites excluding steroid dienone is 1. The second kappa shape index (κ2) is 10.4. The molecule has 1 N–H and O–H groups in total. The zero-order chi connectivity index (χ0) is 16.4. The molecule has 22 heavy (non-hydrogen) atoms. The number of ketones is 1. The van der Waals surface area contributed by atoms with Gasteiger partial charge in [0.25, 0.3) is 0 Å². The van der Waals surface area contributed by atoms with E-state index in [0.29, 0.717) is 25.3 Å². The summed E-state index contributed by atoms with van der Waals surface area (Å²) in [6.45, 7) is 7.55. The summed E-state index contributed by atoms with van der Waals surface area (Å²) in [6, 6.07) is 7.56. The van der Waals surface area contributed by atoms with E-state index in [9.17, 15) is 4.79 Å². The lowest BCUT2D eigenvalue weighted by atomic mass is 10.1. The molecule has 0 aliphatic carbocycles. The predicted octanol–water partition coefficient (Wildman–Crippen LogP) is 3.37. The third-order valence-corrected chi connectivity index (χ3v) is 3.67. The molecular formula is C17H25NO3S. The van der Waals surface area contributed by atoms with Crippen molar-refractivity contribution in [2.24, 2.45) is 0 Å². The number of ether oxygens (including phenoxy) is 2. The molecule has 0 bridgehead atoms. The lowest BCUT2D eigenvalue weighted by Gasteiger charge is -2.18. The monoisotopic (exact) mass is 323 g/mol. The summed E-state index contributed by atoms with van der Waals surface area (Å²) >= 11 is 1.49. The number of rotatable bonds is 10. The van der Waals surface area contributed by atoms with Crippen LogP contribution in [-0.4, -0.2) is 38.1 Å². The first-order chi connectivity index (χ1) is 10.6. The zero-order valence-corrected chi connectivity index (χ0v) is 14.5. The van der Waals surface area contributed by atoms with Gasteiger partial charge in [0.1, 0.15) is 0 Å². The van der Waals surface area contributed by atoms with Crippen molar-refractivity contribution in [2.45, 2.75) is 27.1 Å². The normalized spacial score (nSPS) is 11.8. The standard InChI is InChI=1S/C17H25NO3S/c1-5-20-17(21-6-2)12-18-16(22-4)11-15(19)14-9-7-13(3)8-10-14/h7-11,17-18H,5-6,12H2,1-4H3/b16-11-. The van der Waals surface area contributed by atoms with E-state index in [1.165, 1.54) is 11.8 Å². The van der Waals surface area contributed by atoms with Crippen molar-refractivity contribution in [1.82, 2.24) is 5.32 Å². The zero-order valence-electron chi connectivity index (χ0n) is 13.7. The summed E-state index contributed by atoms with van der Waals surface area (Å²) in [7, 11) is 0. The Labute approximate surface area is 137 Å². The fourth-order valence-corrected chi connectivity index (χ4v) is 2.28. The van der Waals surface area contributed by atoms with E-state index in [1.54, 1.807) is 6.08 Å². The van der Waals surface area contributed by atoms with Gasteiger partial charge in [-0.15, -0.1) is 11.8 Å². The molecular weight excluding hydrogens is 298 g/mol. The molecule has 0 amide bonds. The van der Waals surface area contributed by atoms with Crippen molar-refractivity contribution < 1.29 is 14.3 Å². The largest absolute Gasteiger partial charge is 0.375 e. The quantitative estimate of drug-likeness (QED) is 0.406. The number of nitrogens with one attached hydrogen (secondary N) is 1. The minimum Gasteiger partial charge on any atom is -0.375 e. The maximum absolute atomic E-state index is 12.2. The van der Waals surface area contributed by atoms with E-state index >= 15 is 0 Å². The number of hydrogen-bond donors (Lipinski definition) is 1. The Bertz CT molecular complexity index is 479. The molecule has 5 heteroatoms. The smallest absolute Gasteiger partial charge is 0.188 e. The van der Waals surface area contributed by atoms with Gasteiger partial charge in [-0.1, -0.05) is 29.8 Å². The molecule has 0 saturated carbocycles. The molecule has 4 nitrogen and oxygen atoms in total. The summed E-state index contributed by atoms with van der Waals surface area (Å²) in [5.41, 5.74) is 1.82. The topological polar surface area (TPSA) is 47.6 Å². The number of hydrogen-bond acceptors (Lipinski definition) is 5. The summed E-state index contributed by atoms with van der Waals surface area (Å²) in [5.74, 6) is -0.0128. The minimum atomic E-state index is -0.306. The molecule has 0 radical (unpaired) electrons. The van der Waals surface area contributed by atoms with E-state index < -0.39 is 0 Å². The number of aryl methyl sites for hydroxylation is 1. The fourth-order valence-electron chi connectivity index (χ4n) is 1.82. The number of carbonyl (C=O) groups is 1. The van der Waals surface area contributed by atoms with E-state index in [2.05, 4.69) is 5.32 Å². The fraction of sp³-hybridized carbons (Fsp3) is 0.471. The molecule has 1 rings (SSSR count). The SMILES string of the molecule is CCOC(CN/C(=C/C(=O)c1ccc(C)cc1)SC)OCC. The lowest BCUT2D eigenvalue weighted by molar-refractivity contribution is -0.131. The van der Waals surface area contributed by atoms with Crippen LogP contribution in [0.4, 0.5) is 0 Å².